The number of rotatable bonds is 4. The number of aliphatic hydroxyl groups excluding tert-OH is 1. The molecule has 25 heavy (non-hydrogen) atoms. The smallest absolute Gasteiger partial charge is 0.253 e. The molecule has 1 aliphatic carbocycles. The van der Waals surface area contributed by atoms with Crippen LogP contribution in [0.1, 0.15) is 41.6 Å². The van der Waals surface area contributed by atoms with Gasteiger partial charge in [0.1, 0.15) is 5.75 Å². The summed E-state index contributed by atoms with van der Waals surface area (Å²) in [4.78, 5) is 16.9. The van der Waals surface area contributed by atoms with Crippen LogP contribution in [0, 0.1) is 0 Å². The lowest BCUT2D eigenvalue weighted by Gasteiger charge is -2.28. The van der Waals surface area contributed by atoms with E-state index in [-0.39, 0.29) is 12.5 Å². The maximum absolute atomic E-state index is 12.7. The minimum absolute atomic E-state index is 0.0172. The van der Waals surface area contributed by atoms with Crippen LogP contribution < -0.4 is 10.1 Å². The summed E-state index contributed by atoms with van der Waals surface area (Å²) >= 11 is 0. The highest BCUT2D eigenvalue weighted by Crippen LogP contribution is 2.31. The molecular weight excluding hydrogens is 316 g/mol. The fourth-order valence-electron chi connectivity index (χ4n) is 3.78. The molecule has 1 saturated carbocycles. The van der Waals surface area contributed by atoms with Crippen LogP contribution in [0.5, 0.6) is 5.75 Å². The Balaban J connectivity index is 1.58. The standard InChI is InChI=1S/C20H22N2O3/c23-13-20(6-1-2-7-20)22-19(24)17-10-16(11-21-12-17)14-3-4-18-15(9-14)5-8-25-18/h3-4,9-12,23H,1-2,5-8,13H2,(H,22,24). The van der Waals surface area contributed by atoms with Crippen molar-refractivity contribution in [2.75, 3.05) is 13.2 Å². The Kier molecular flexibility index (Phi) is 4.17. The van der Waals surface area contributed by atoms with Crippen LogP contribution in [-0.4, -0.2) is 34.8 Å². The molecule has 2 heterocycles. The van der Waals surface area contributed by atoms with Gasteiger partial charge in [-0.05, 0) is 42.2 Å². The van der Waals surface area contributed by atoms with Crippen molar-refractivity contribution in [3.8, 4) is 16.9 Å². The molecule has 0 spiro atoms. The predicted octanol–water partition coefficient (Wildman–Crippen LogP) is 2.72. The molecule has 0 unspecified atom stereocenters. The Labute approximate surface area is 147 Å². The number of aromatic nitrogens is 1. The van der Waals surface area contributed by atoms with Gasteiger partial charge in [0.25, 0.3) is 5.91 Å². The molecule has 1 aromatic heterocycles. The summed E-state index contributed by atoms with van der Waals surface area (Å²) in [6, 6.07) is 7.94. The number of nitrogens with one attached hydrogen (secondary N) is 1. The third kappa shape index (κ3) is 3.12. The van der Waals surface area contributed by atoms with Crippen molar-refractivity contribution >= 4 is 5.91 Å². The largest absolute Gasteiger partial charge is 0.493 e. The van der Waals surface area contributed by atoms with E-state index in [1.165, 1.54) is 5.56 Å². The Morgan fingerprint density at radius 1 is 1.20 bits per heavy atom. The highest BCUT2D eigenvalue weighted by atomic mass is 16.5. The number of aliphatic hydroxyl groups is 1. The minimum atomic E-state index is -0.474. The van der Waals surface area contributed by atoms with Gasteiger partial charge in [0.05, 0.1) is 24.3 Å². The second kappa shape index (κ2) is 6.48. The third-order valence-electron chi connectivity index (χ3n) is 5.27. The molecule has 2 aromatic rings. The fourth-order valence-corrected chi connectivity index (χ4v) is 3.78. The summed E-state index contributed by atoms with van der Waals surface area (Å²) in [5, 5.41) is 12.7. The fraction of sp³-hybridized carbons (Fsp3) is 0.400. The zero-order chi connectivity index (χ0) is 17.3. The van der Waals surface area contributed by atoms with Gasteiger partial charge in [0, 0.05) is 24.4 Å². The van der Waals surface area contributed by atoms with Crippen LogP contribution in [0.4, 0.5) is 0 Å². The minimum Gasteiger partial charge on any atom is -0.493 e. The van der Waals surface area contributed by atoms with Crippen molar-refractivity contribution < 1.29 is 14.6 Å². The summed E-state index contributed by atoms with van der Waals surface area (Å²) in [5.74, 6) is 0.770. The van der Waals surface area contributed by atoms with Gasteiger partial charge in [0.15, 0.2) is 0 Å². The molecule has 4 rings (SSSR count). The summed E-state index contributed by atoms with van der Waals surface area (Å²) in [6.07, 6.45) is 7.99. The average Bonchev–Trinajstić information content (AvgIpc) is 3.30. The molecule has 1 aliphatic heterocycles. The van der Waals surface area contributed by atoms with Gasteiger partial charge < -0.3 is 15.2 Å². The second-order valence-corrected chi connectivity index (χ2v) is 6.98. The molecule has 1 fully saturated rings. The summed E-state index contributed by atoms with van der Waals surface area (Å²) in [5.41, 5.74) is 3.18. The zero-order valence-corrected chi connectivity index (χ0v) is 14.1. The lowest BCUT2D eigenvalue weighted by Crippen LogP contribution is -2.49. The zero-order valence-electron chi connectivity index (χ0n) is 14.1. The number of hydrogen-bond donors (Lipinski definition) is 2. The summed E-state index contributed by atoms with van der Waals surface area (Å²) in [7, 11) is 0. The Hall–Kier alpha value is -2.40. The molecule has 0 radical (unpaired) electrons. The quantitative estimate of drug-likeness (QED) is 0.899. The summed E-state index contributed by atoms with van der Waals surface area (Å²) in [6.45, 7) is 0.708. The number of nitrogens with zero attached hydrogens (tertiary/aromatic N) is 1. The Morgan fingerprint density at radius 2 is 2.04 bits per heavy atom. The number of carbonyl (C=O) groups excluding carboxylic acids is 1. The molecule has 2 aliphatic rings. The molecule has 130 valence electrons. The predicted molar refractivity (Wildman–Crippen MR) is 94.6 cm³/mol. The Bertz CT molecular complexity index is 797. The molecule has 0 saturated heterocycles. The number of fused-ring (bicyclic) bond motifs is 1. The second-order valence-electron chi connectivity index (χ2n) is 6.98. The van der Waals surface area contributed by atoms with Crippen LogP contribution in [-0.2, 0) is 6.42 Å². The number of pyridine rings is 1. The van der Waals surface area contributed by atoms with Crippen LogP contribution in [0.25, 0.3) is 11.1 Å². The van der Waals surface area contributed by atoms with Gasteiger partial charge >= 0.3 is 0 Å². The molecule has 5 nitrogen and oxygen atoms in total. The van der Waals surface area contributed by atoms with Crippen LogP contribution in [0.3, 0.4) is 0 Å². The maximum atomic E-state index is 12.7. The number of hydrogen-bond acceptors (Lipinski definition) is 4. The number of carbonyl (C=O) groups is 1. The first-order chi connectivity index (χ1) is 12.2. The van der Waals surface area contributed by atoms with Gasteiger partial charge in [-0.1, -0.05) is 18.9 Å². The number of amides is 1. The highest BCUT2D eigenvalue weighted by Gasteiger charge is 2.34. The van der Waals surface area contributed by atoms with E-state index in [2.05, 4.69) is 16.4 Å². The lowest BCUT2D eigenvalue weighted by atomic mass is 9.97. The third-order valence-corrected chi connectivity index (χ3v) is 5.27. The molecule has 0 atom stereocenters. The first-order valence-corrected chi connectivity index (χ1v) is 8.84. The maximum Gasteiger partial charge on any atom is 0.253 e. The van der Waals surface area contributed by atoms with Gasteiger partial charge in [-0.25, -0.2) is 0 Å². The van der Waals surface area contributed by atoms with Crippen molar-refractivity contribution in [1.29, 1.82) is 0 Å². The molecular formula is C20H22N2O3. The topological polar surface area (TPSA) is 71.5 Å². The van der Waals surface area contributed by atoms with Gasteiger partial charge in [-0.2, -0.15) is 0 Å². The SMILES string of the molecule is O=C(NC1(CO)CCCC1)c1cncc(-c2ccc3c(c2)CCO3)c1. The van der Waals surface area contributed by atoms with Crippen LogP contribution in [0.15, 0.2) is 36.7 Å². The van der Waals surface area contributed by atoms with Gasteiger partial charge in [-0.15, -0.1) is 0 Å². The highest BCUT2D eigenvalue weighted by molar-refractivity contribution is 5.95. The van der Waals surface area contributed by atoms with E-state index in [9.17, 15) is 9.90 Å². The monoisotopic (exact) mass is 338 g/mol. The van der Waals surface area contributed by atoms with E-state index in [1.54, 1.807) is 12.4 Å². The molecule has 2 N–H and O–H groups in total. The van der Waals surface area contributed by atoms with E-state index in [0.717, 1.165) is 55.6 Å². The van der Waals surface area contributed by atoms with E-state index >= 15 is 0 Å². The van der Waals surface area contributed by atoms with Crippen LogP contribution in [0.2, 0.25) is 0 Å². The van der Waals surface area contributed by atoms with Crippen molar-refractivity contribution in [1.82, 2.24) is 10.3 Å². The van der Waals surface area contributed by atoms with Crippen molar-refractivity contribution in [2.24, 2.45) is 0 Å². The van der Waals surface area contributed by atoms with E-state index in [0.29, 0.717) is 5.56 Å². The molecule has 1 aromatic carbocycles. The molecule has 5 heteroatoms. The van der Waals surface area contributed by atoms with Crippen molar-refractivity contribution in [3.05, 3.63) is 47.8 Å². The average molecular weight is 338 g/mol. The van der Waals surface area contributed by atoms with Crippen molar-refractivity contribution in [3.63, 3.8) is 0 Å². The Morgan fingerprint density at radius 3 is 2.84 bits per heavy atom. The molecule has 1 amide bonds. The summed E-state index contributed by atoms with van der Waals surface area (Å²) < 4.78 is 5.55. The number of ether oxygens (including phenoxy) is 1. The van der Waals surface area contributed by atoms with E-state index in [4.69, 9.17) is 4.74 Å². The normalized spacial score (nSPS) is 17.8. The first-order valence-electron chi connectivity index (χ1n) is 8.84. The van der Waals surface area contributed by atoms with E-state index in [1.807, 2.05) is 18.2 Å². The number of benzene rings is 1. The van der Waals surface area contributed by atoms with Crippen molar-refractivity contribution in [2.45, 2.75) is 37.6 Å². The van der Waals surface area contributed by atoms with Gasteiger partial charge in [-0.3, -0.25) is 9.78 Å². The van der Waals surface area contributed by atoms with Gasteiger partial charge in [0.2, 0.25) is 0 Å². The molecule has 0 bridgehead atoms. The van der Waals surface area contributed by atoms with Crippen LogP contribution >= 0.6 is 0 Å². The first kappa shape index (κ1) is 16.1. The lowest BCUT2D eigenvalue weighted by molar-refractivity contribution is 0.0838. The van der Waals surface area contributed by atoms with E-state index < -0.39 is 5.54 Å².